The van der Waals surface area contributed by atoms with Gasteiger partial charge in [0.25, 0.3) is 0 Å². The van der Waals surface area contributed by atoms with Crippen LogP contribution in [-0.2, 0) is 6.54 Å². The van der Waals surface area contributed by atoms with E-state index in [0.717, 1.165) is 37.5 Å². The molecule has 21 heavy (non-hydrogen) atoms. The van der Waals surface area contributed by atoms with Crippen molar-refractivity contribution in [2.45, 2.75) is 40.2 Å². The summed E-state index contributed by atoms with van der Waals surface area (Å²) in [5, 5.41) is 4.70. The van der Waals surface area contributed by atoms with Crippen molar-refractivity contribution in [3.8, 4) is 0 Å². The third kappa shape index (κ3) is 3.94. The number of nitrogens with zero attached hydrogens (tertiary/aromatic N) is 2. The summed E-state index contributed by atoms with van der Waals surface area (Å²) < 4.78 is 0. The quantitative estimate of drug-likeness (QED) is 0.795. The van der Waals surface area contributed by atoms with Crippen LogP contribution in [0.5, 0.6) is 0 Å². The molecule has 1 aromatic carbocycles. The first-order valence-corrected chi connectivity index (χ1v) is 8.14. The summed E-state index contributed by atoms with van der Waals surface area (Å²) in [7, 11) is 0. The fourth-order valence-electron chi connectivity index (χ4n) is 2.58. The number of aromatic nitrogens is 1. The number of fused-ring (bicyclic) bond motifs is 1. The summed E-state index contributed by atoms with van der Waals surface area (Å²) in [6, 6.07) is 10.7. The van der Waals surface area contributed by atoms with Crippen molar-refractivity contribution in [1.82, 2.24) is 10.3 Å². The normalized spacial score (nSPS) is 11.0. The molecule has 0 aliphatic heterocycles. The number of nitrogens with one attached hydrogen (secondary N) is 1. The van der Waals surface area contributed by atoms with Crippen molar-refractivity contribution in [3.63, 3.8) is 0 Å². The van der Waals surface area contributed by atoms with Gasteiger partial charge in [-0.25, -0.2) is 4.98 Å². The Bertz CT molecular complexity index is 565. The zero-order valence-electron chi connectivity index (χ0n) is 13.5. The lowest BCUT2D eigenvalue weighted by Crippen LogP contribution is -2.25. The second kappa shape index (κ2) is 7.99. The molecule has 3 heteroatoms. The molecule has 1 heterocycles. The van der Waals surface area contributed by atoms with E-state index < -0.39 is 0 Å². The smallest absolute Gasteiger partial charge is 0.129 e. The highest BCUT2D eigenvalue weighted by atomic mass is 15.2. The molecule has 0 bridgehead atoms. The highest BCUT2D eigenvalue weighted by Gasteiger charge is 2.10. The van der Waals surface area contributed by atoms with Gasteiger partial charge in [-0.3, -0.25) is 0 Å². The summed E-state index contributed by atoms with van der Waals surface area (Å²) in [5.41, 5.74) is 2.44. The van der Waals surface area contributed by atoms with E-state index in [2.05, 4.69) is 61.3 Å². The number of anilines is 1. The summed E-state index contributed by atoms with van der Waals surface area (Å²) >= 11 is 0. The molecule has 3 nitrogen and oxygen atoms in total. The maximum Gasteiger partial charge on any atom is 0.129 e. The van der Waals surface area contributed by atoms with Crippen LogP contribution in [-0.4, -0.2) is 24.6 Å². The predicted octanol–water partition coefficient (Wildman–Crippen LogP) is 3.97. The Labute approximate surface area is 128 Å². The minimum absolute atomic E-state index is 0.901. The van der Waals surface area contributed by atoms with Gasteiger partial charge in [0.05, 0.1) is 5.52 Å². The Morgan fingerprint density at radius 3 is 2.67 bits per heavy atom. The largest absolute Gasteiger partial charge is 0.357 e. The molecule has 0 aliphatic rings. The Morgan fingerprint density at radius 2 is 1.95 bits per heavy atom. The lowest BCUT2D eigenvalue weighted by Gasteiger charge is -2.23. The summed E-state index contributed by atoms with van der Waals surface area (Å²) in [6.45, 7) is 10.6. The average molecular weight is 285 g/mol. The summed E-state index contributed by atoms with van der Waals surface area (Å²) in [4.78, 5) is 7.25. The zero-order chi connectivity index (χ0) is 15.1. The highest BCUT2D eigenvalue weighted by molar-refractivity contribution is 5.84. The molecule has 2 aromatic rings. The molecule has 114 valence electrons. The van der Waals surface area contributed by atoms with Crippen molar-refractivity contribution >= 4 is 16.7 Å². The first kappa shape index (κ1) is 15.8. The van der Waals surface area contributed by atoms with Crippen LogP contribution in [0.25, 0.3) is 10.9 Å². The van der Waals surface area contributed by atoms with E-state index in [4.69, 9.17) is 4.98 Å². The van der Waals surface area contributed by atoms with Crippen molar-refractivity contribution in [2.75, 3.05) is 24.5 Å². The number of unbranched alkanes of at least 4 members (excludes halogenated alkanes) is 1. The van der Waals surface area contributed by atoms with E-state index in [-0.39, 0.29) is 0 Å². The van der Waals surface area contributed by atoms with Crippen molar-refractivity contribution < 1.29 is 0 Å². The maximum absolute atomic E-state index is 4.87. The Balaban J connectivity index is 2.39. The van der Waals surface area contributed by atoms with E-state index >= 15 is 0 Å². The third-order valence-electron chi connectivity index (χ3n) is 3.84. The van der Waals surface area contributed by atoms with E-state index in [1.807, 2.05) is 0 Å². The van der Waals surface area contributed by atoms with Crippen molar-refractivity contribution in [3.05, 3.63) is 35.9 Å². The maximum atomic E-state index is 4.87. The van der Waals surface area contributed by atoms with Gasteiger partial charge in [0.15, 0.2) is 0 Å². The molecule has 0 atom stereocenters. The number of hydrogen-bond acceptors (Lipinski definition) is 3. The topological polar surface area (TPSA) is 28.2 Å². The molecule has 0 amide bonds. The van der Waals surface area contributed by atoms with Gasteiger partial charge in [0.1, 0.15) is 5.82 Å². The van der Waals surface area contributed by atoms with E-state index in [9.17, 15) is 0 Å². The summed E-state index contributed by atoms with van der Waals surface area (Å²) in [6.07, 6.45) is 2.43. The summed E-state index contributed by atoms with van der Waals surface area (Å²) in [5.74, 6) is 1.11. The van der Waals surface area contributed by atoms with Crippen LogP contribution in [0.1, 0.15) is 39.2 Å². The van der Waals surface area contributed by atoms with Crippen LogP contribution in [0.15, 0.2) is 30.3 Å². The minimum Gasteiger partial charge on any atom is -0.357 e. The monoisotopic (exact) mass is 285 g/mol. The van der Waals surface area contributed by atoms with E-state index in [1.54, 1.807) is 0 Å². The molecule has 0 saturated heterocycles. The second-order valence-electron chi connectivity index (χ2n) is 5.37. The number of pyridine rings is 1. The van der Waals surface area contributed by atoms with Gasteiger partial charge in [-0.15, -0.1) is 0 Å². The van der Waals surface area contributed by atoms with Crippen LogP contribution >= 0.6 is 0 Å². The molecule has 0 unspecified atom stereocenters. The van der Waals surface area contributed by atoms with Gasteiger partial charge in [-0.1, -0.05) is 38.5 Å². The van der Waals surface area contributed by atoms with E-state index in [0.29, 0.717) is 0 Å². The van der Waals surface area contributed by atoms with Crippen molar-refractivity contribution in [2.24, 2.45) is 0 Å². The van der Waals surface area contributed by atoms with Gasteiger partial charge in [-0.05, 0) is 37.6 Å². The number of rotatable bonds is 8. The van der Waals surface area contributed by atoms with Gasteiger partial charge >= 0.3 is 0 Å². The Morgan fingerprint density at radius 1 is 1.14 bits per heavy atom. The van der Waals surface area contributed by atoms with Crippen LogP contribution in [0.2, 0.25) is 0 Å². The zero-order valence-corrected chi connectivity index (χ0v) is 13.5. The first-order valence-electron chi connectivity index (χ1n) is 8.14. The fourth-order valence-corrected chi connectivity index (χ4v) is 2.58. The first-order chi connectivity index (χ1) is 10.3. The molecule has 1 N–H and O–H groups in total. The lowest BCUT2D eigenvalue weighted by molar-refractivity contribution is 0.717. The predicted molar refractivity (Wildman–Crippen MR) is 91.9 cm³/mol. The Kier molecular flexibility index (Phi) is 6.00. The van der Waals surface area contributed by atoms with Crippen molar-refractivity contribution in [1.29, 1.82) is 0 Å². The van der Waals surface area contributed by atoms with Crippen LogP contribution in [0, 0.1) is 0 Å². The second-order valence-corrected chi connectivity index (χ2v) is 5.37. The van der Waals surface area contributed by atoms with Crippen LogP contribution in [0.3, 0.4) is 0 Å². The van der Waals surface area contributed by atoms with Gasteiger partial charge < -0.3 is 10.2 Å². The molecule has 0 radical (unpaired) electrons. The minimum atomic E-state index is 0.901. The van der Waals surface area contributed by atoms with Gasteiger partial charge in [-0.2, -0.15) is 0 Å². The average Bonchev–Trinajstić information content (AvgIpc) is 2.53. The molecule has 0 spiro atoms. The highest BCUT2D eigenvalue weighted by Crippen LogP contribution is 2.23. The Hall–Kier alpha value is -1.61. The molecule has 0 saturated carbocycles. The molecular formula is C18H27N3. The molecule has 0 fully saturated rings. The molecule has 0 aliphatic carbocycles. The number of para-hydroxylation sites is 1. The van der Waals surface area contributed by atoms with Crippen LogP contribution < -0.4 is 10.2 Å². The molecule has 2 rings (SSSR count). The third-order valence-corrected chi connectivity index (χ3v) is 3.84. The number of hydrogen-bond donors (Lipinski definition) is 1. The lowest BCUT2D eigenvalue weighted by atomic mass is 10.1. The van der Waals surface area contributed by atoms with E-state index in [1.165, 1.54) is 23.8 Å². The molecular weight excluding hydrogens is 258 g/mol. The van der Waals surface area contributed by atoms with Gasteiger partial charge in [0.2, 0.25) is 0 Å². The van der Waals surface area contributed by atoms with Crippen LogP contribution in [0.4, 0.5) is 5.82 Å². The molecule has 1 aromatic heterocycles. The standard InChI is InChI=1S/C18H27N3/c1-4-7-12-21(6-3)18-13-15(14-19-5-2)16-10-8-9-11-17(16)20-18/h8-11,13,19H,4-7,12,14H2,1-3H3. The number of benzene rings is 1. The SMILES string of the molecule is CCCCN(CC)c1cc(CNCC)c2ccccc2n1. The van der Waals surface area contributed by atoms with Gasteiger partial charge in [0, 0.05) is 25.0 Å². The fraction of sp³-hybridized carbons (Fsp3) is 0.500.